The molecule has 1 fully saturated rings. The van der Waals surface area contributed by atoms with Crippen molar-refractivity contribution in [2.75, 3.05) is 19.6 Å². The van der Waals surface area contributed by atoms with Crippen molar-refractivity contribution in [3.05, 3.63) is 17.5 Å². The molecule has 0 spiro atoms. The number of amides is 1. The van der Waals surface area contributed by atoms with E-state index < -0.39 is 15.6 Å². The highest BCUT2D eigenvalue weighted by Gasteiger charge is 2.33. The monoisotopic (exact) mass is 332 g/mol. The van der Waals surface area contributed by atoms with Gasteiger partial charge in [-0.3, -0.25) is 4.79 Å². The van der Waals surface area contributed by atoms with Crippen molar-refractivity contribution in [2.24, 2.45) is 0 Å². The quantitative estimate of drug-likeness (QED) is 0.894. The number of nitrogens with zero attached hydrogens (tertiary/aromatic N) is 1. The van der Waals surface area contributed by atoms with Crippen LogP contribution in [0.4, 0.5) is 0 Å². The highest BCUT2D eigenvalue weighted by atomic mass is 32.2. The summed E-state index contributed by atoms with van der Waals surface area (Å²) < 4.78 is 32.2. The second kappa shape index (κ2) is 6.04. The first-order valence-corrected chi connectivity index (χ1v) is 9.05. The van der Waals surface area contributed by atoms with Gasteiger partial charge in [-0.25, -0.2) is 13.1 Å². The van der Waals surface area contributed by atoms with E-state index in [1.54, 1.807) is 16.3 Å². The van der Waals surface area contributed by atoms with Crippen LogP contribution in [0.15, 0.2) is 21.7 Å². The molecular formula is C13H20N2O4S2. The molecule has 1 aromatic rings. The number of carbonyl (C=O) groups excluding carboxylic acids is 1. The summed E-state index contributed by atoms with van der Waals surface area (Å²) in [5.41, 5.74) is -0.417. The van der Waals surface area contributed by atoms with Crippen molar-refractivity contribution >= 4 is 27.3 Å². The molecule has 0 aromatic carbocycles. The minimum atomic E-state index is -3.60. The van der Waals surface area contributed by atoms with Crippen LogP contribution in [-0.2, 0) is 19.6 Å². The van der Waals surface area contributed by atoms with Crippen LogP contribution in [-0.4, -0.2) is 50.6 Å². The summed E-state index contributed by atoms with van der Waals surface area (Å²) in [5, 5.41) is 1.68. The number of ether oxygens (including phenoxy) is 1. The standard InChI is InChI=1S/C13H20N2O4S2/c1-10-8-15(9-13(2,3)19-10)11(16)7-14-21(17,18)12-5-4-6-20-12/h4-6,10,14H,7-9H2,1-3H3. The molecule has 21 heavy (non-hydrogen) atoms. The highest BCUT2D eigenvalue weighted by molar-refractivity contribution is 7.91. The molecule has 0 bridgehead atoms. The molecule has 1 unspecified atom stereocenters. The molecule has 118 valence electrons. The number of sulfonamides is 1. The van der Waals surface area contributed by atoms with Crippen molar-refractivity contribution in [1.29, 1.82) is 0 Å². The third-order valence-corrected chi connectivity index (χ3v) is 5.89. The van der Waals surface area contributed by atoms with Gasteiger partial charge in [0, 0.05) is 13.1 Å². The van der Waals surface area contributed by atoms with Gasteiger partial charge in [0.05, 0.1) is 18.2 Å². The van der Waals surface area contributed by atoms with Crippen LogP contribution < -0.4 is 4.72 Å². The van der Waals surface area contributed by atoms with Crippen LogP contribution in [0.2, 0.25) is 0 Å². The molecule has 0 radical (unpaired) electrons. The van der Waals surface area contributed by atoms with E-state index >= 15 is 0 Å². The van der Waals surface area contributed by atoms with Crippen molar-refractivity contribution in [2.45, 2.75) is 36.7 Å². The Morgan fingerprint density at radius 1 is 1.57 bits per heavy atom. The molecule has 2 rings (SSSR count). The summed E-state index contributed by atoms with van der Waals surface area (Å²) in [6, 6.07) is 3.17. The molecule has 1 aliphatic rings. The van der Waals surface area contributed by atoms with Crippen LogP contribution in [0, 0.1) is 0 Å². The molecule has 1 N–H and O–H groups in total. The molecule has 1 saturated heterocycles. The van der Waals surface area contributed by atoms with Crippen molar-refractivity contribution in [3.8, 4) is 0 Å². The van der Waals surface area contributed by atoms with E-state index in [1.807, 2.05) is 20.8 Å². The fraction of sp³-hybridized carbons (Fsp3) is 0.615. The van der Waals surface area contributed by atoms with Gasteiger partial charge in [-0.1, -0.05) is 6.07 Å². The molecule has 1 aromatic heterocycles. The Morgan fingerprint density at radius 3 is 2.86 bits per heavy atom. The molecule has 2 heterocycles. The minimum absolute atomic E-state index is 0.0633. The first-order chi connectivity index (χ1) is 9.70. The van der Waals surface area contributed by atoms with Crippen molar-refractivity contribution < 1.29 is 17.9 Å². The van der Waals surface area contributed by atoms with E-state index in [2.05, 4.69) is 4.72 Å². The molecule has 1 aliphatic heterocycles. The van der Waals surface area contributed by atoms with Gasteiger partial charge in [-0.2, -0.15) is 0 Å². The van der Waals surface area contributed by atoms with Gasteiger partial charge >= 0.3 is 0 Å². The predicted octanol–water partition coefficient (Wildman–Crippen LogP) is 1.05. The second-order valence-electron chi connectivity index (χ2n) is 5.72. The topological polar surface area (TPSA) is 75.7 Å². The molecule has 0 aliphatic carbocycles. The number of hydrogen-bond donors (Lipinski definition) is 1. The van der Waals surface area contributed by atoms with E-state index in [0.717, 1.165) is 11.3 Å². The van der Waals surface area contributed by atoms with Gasteiger partial charge in [0.1, 0.15) is 4.21 Å². The summed E-state index contributed by atoms with van der Waals surface area (Å²) in [6.45, 7) is 6.43. The Labute approximate surface area is 129 Å². The van der Waals surface area contributed by atoms with Crippen LogP contribution in [0.3, 0.4) is 0 Å². The van der Waals surface area contributed by atoms with Crippen LogP contribution in [0.25, 0.3) is 0 Å². The Balaban J connectivity index is 1.96. The Morgan fingerprint density at radius 2 is 2.29 bits per heavy atom. The van der Waals surface area contributed by atoms with E-state index in [4.69, 9.17) is 4.74 Å². The number of carbonyl (C=O) groups is 1. The lowest BCUT2D eigenvalue weighted by atomic mass is 10.1. The van der Waals surface area contributed by atoms with Gasteiger partial charge in [0.25, 0.3) is 10.0 Å². The van der Waals surface area contributed by atoms with Gasteiger partial charge in [0.2, 0.25) is 5.91 Å². The zero-order valence-electron chi connectivity index (χ0n) is 12.3. The number of nitrogens with one attached hydrogen (secondary N) is 1. The van der Waals surface area contributed by atoms with Crippen LogP contribution in [0.1, 0.15) is 20.8 Å². The lowest BCUT2D eigenvalue weighted by molar-refractivity contribution is -0.157. The average Bonchev–Trinajstić information content (AvgIpc) is 2.88. The highest BCUT2D eigenvalue weighted by Crippen LogP contribution is 2.21. The molecule has 6 nitrogen and oxygen atoms in total. The van der Waals surface area contributed by atoms with Crippen molar-refractivity contribution in [1.82, 2.24) is 9.62 Å². The zero-order chi connectivity index (χ0) is 15.7. The number of rotatable bonds is 4. The summed E-state index contributed by atoms with van der Waals surface area (Å²) in [4.78, 5) is 13.8. The maximum atomic E-state index is 12.2. The lowest BCUT2D eigenvalue weighted by Gasteiger charge is -2.41. The van der Waals surface area contributed by atoms with E-state index in [9.17, 15) is 13.2 Å². The van der Waals surface area contributed by atoms with E-state index in [-0.39, 0.29) is 22.8 Å². The fourth-order valence-corrected chi connectivity index (χ4v) is 4.41. The Hall–Kier alpha value is -0.960. The third-order valence-electron chi connectivity index (χ3n) is 3.10. The zero-order valence-corrected chi connectivity index (χ0v) is 14.0. The first kappa shape index (κ1) is 16.4. The van der Waals surface area contributed by atoms with Gasteiger partial charge < -0.3 is 9.64 Å². The third kappa shape index (κ3) is 4.26. The fourth-order valence-electron chi connectivity index (χ4n) is 2.40. The summed E-state index contributed by atoms with van der Waals surface area (Å²) in [6.07, 6.45) is -0.0633. The van der Waals surface area contributed by atoms with Crippen LogP contribution in [0.5, 0.6) is 0 Å². The molecular weight excluding hydrogens is 312 g/mol. The van der Waals surface area contributed by atoms with Gasteiger partial charge in [-0.15, -0.1) is 11.3 Å². The largest absolute Gasteiger partial charge is 0.369 e. The lowest BCUT2D eigenvalue weighted by Crippen LogP contribution is -2.55. The SMILES string of the molecule is CC1CN(C(=O)CNS(=O)(=O)c2cccs2)CC(C)(C)O1. The average molecular weight is 332 g/mol. The molecule has 8 heteroatoms. The van der Waals surface area contributed by atoms with Gasteiger partial charge in [0.15, 0.2) is 0 Å². The normalized spacial score (nSPS) is 22.2. The number of hydrogen-bond acceptors (Lipinski definition) is 5. The maximum absolute atomic E-state index is 12.2. The summed E-state index contributed by atoms with van der Waals surface area (Å²) in [7, 11) is -3.60. The van der Waals surface area contributed by atoms with E-state index in [0.29, 0.717) is 13.1 Å². The summed E-state index contributed by atoms with van der Waals surface area (Å²) in [5.74, 6) is -0.238. The van der Waals surface area contributed by atoms with Crippen molar-refractivity contribution in [3.63, 3.8) is 0 Å². The second-order valence-corrected chi connectivity index (χ2v) is 8.66. The first-order valence-electron chi connectivity index (χ1n) is 6.68. The summed E-state index contributed by atoms with van der Waals surface area (Å²) >= 11 is 1.12. The predicted molar refractivity (Wildman–Crippen MR) is 80.7 cm³/mol. The van der Waals surface area contributed by atoms with Crippen LogP contribution >= 0.6 is 11.3 Å². The number of morpholine rings is 1. The number of thiophene rings is 1. The Kier molecular flexibility index (Phi) is 4.72. The molecule has 1 atom stereocenters. The minimum Gasteiger partial charge on any atom is -0.369 e. The smallest absolute Gasteiger partial charge is 0.250 e. The molecule has 1 amide bonds. The maximum Gasteiger partial charge on any atom is 0.250 e. The van der Waals surface area contributed by atoms with E-state index in [1.165, 1.54) is 6.07 Å². The Bertz CT molecular complexity index is 596. The van der Waals surface area contributed by atoms with Gasteiger partial charge in [-0.05, 0) is 32.2 Å². The molecule has 0 saturated carbocycles.